The molecule has 1 saturated heterocycles. The van der Waals surface area contributed by atoms with Gasteiger partial charge in [0.2, 0.25) is 0 Å². The fourth-order valence-electron chi connectivity index (χ4n) is 1.74. The topological polar surface area (TPSA) is 24.1 Å². The molecule has 0 radical (unpaired) electrons. The van der Waals surface area contributed by atoms with Crippen molar-refractivity contribution in [3.8, 4) is 0 Å². The van der Waals surface area contributed by atoms with Crippen LogP contribution in [0.4, 0.5) is 5.69 Å². The first-order valence-corrected chi connectivity index (χ1v) is 4.91. The fraction of sp³-hybridized carbons (Fsp3) is 0.455. The van der Waals surface area contributed by atoms with Crippen molar-refractivity contribution in [2.75, 3.05) is 11.9 Å². The van der Waals surface area contributed by atoms with Crippen LogP contribution in [-0.4, -0.2) is 12.7 Å². The molecule has 13 heavy (non-hydrogen) atoms. The van der Waals surface area contributed by atoms with Gasteiger partial charge in [0.1, 0.15) is 0 Å². The molecule has 1 heterocycles. The minimum atomic E-state index is 0.474. The summed E-state index contributed by atoms with van der Waals surface area (Å²) in [7, 11) is 0. The number of anilines is 1. The summed E-state index contributed by atoms with van der Waals surface area (Å²) in [6.07, 6.45) is 2.99. The molecule has 1 fully saturated rings. The van der Waals surface area contributed by atoms with Crippen LogP contribution < -0.4 is 10.6 Å². The lowest BCUT2D eigenvalue weighted by molar-refractivity contribution is 0.679. The molecule has 2 heteroatoms. The summed E-state index contributed by atoms with van der Waals surface area (Å²) in [6, 6.07) is 8.51. The predicted molar refractivity (Wildman–Crippen MR) is 55.8 cm³/mol. The van der Waals surface area contributed by atoms with Gasteiger partial charge in [-0.2, -0.15) is 0 Å². The molecular formula is C11H16N2. The van der Waals surface area contributed by atoms with Gasteiger partial charge < -0.3 is 5.32 Å². The quantitative estimate of drug-likeness (QED) is 0.721. The molecule has 0 aliphatic carbocycles. The van der Waals surface area contributed by atoms with Crippen LogP contribution in [0, 0.1) is 6.92 Å². The maximum atomic E-state index is 3.47. The van der Waals surface area contributed by atoms with E-state index in [0.717, 1.165) is 6.54 Å². The molecule has 1 atom stereocenters. The fourth-order valence-corrected chi connectivity index (χ4v) is 1.74. The number of nitrogens with one attached hydrogen (secondary N) is 2. The van der Waals surface area contributed by atoms with Crippen LogP contribution in [0.2, 0.25) is 0 Å². The Labute approximate surface area is 79.4 Å². The molecule has 1 unspecified atom stereocenters. The highest BCUT2D eigenvalue weighted by molar-refractivity contribution is 5.46. The molecule has 70 valence electrons. The molecule has 0 saturated carbocycles. The monoisotopic (exact) mass is 176 g/mol. The van der Waals surface area contributed by atoms with Crippen LogP contribution >= 0.6 is 0 Å². The minimum absolute atomic E-state index is 0.474. The molecule has 0 aromatic heterocycles. The second kappa shape index (κ2) is 3.79. The van der Waals surface area contributed by atoms with E-state index in [-0.39, 0.29) is 0 Å². The summed E-state index contributed by atoms with van der Waals surface area (Å²) in [5.74, 6) is 0. The predicted octanol–water partition coefficient (Wildman–Crippen LogP) is 2.12. The Hall–Kier alpha value is -1.02. The molecule has 2 rings (SSSR count). The zero-order valence-corrected chi connectivity index (χ0v) is 8.01. The highest BCUT2D eigenvalue weighted by Gasteiger charge is 2.12. The summed E-state index contributed by atoms with van der Waals surface area (Å²) in [4.78, 5) is 0. The second-order valence-corrected chi connectivity index (χ2v) is 3.66. The van der Waals surface area contributed by atoms with Gasteiger partial charge in [-0.05, 0) is 44.0 Å². The van der Waals surface area contributed by atoms with E-state index >= 15 is 0 Å². The van der Waals surface area contributed by atoms with Crippen LogP contribution in [0.3, 0.4) is 0 Å². The van der Waals surface area contributed by atoms with E-state index in [9.17, 15) is 0 Å². The van der Waals surface area contributed by atoms with Gasteiger partial charge in [-0.3, -0.25) is 5.32 Å². The highest BCUT2D eigenvalue weighted by Crippen LogP contribution is 2.13. The largest absolute Gasteiger partial charge is 0.370 e. The summed E-state index contributed by atoms with van der Waals surface area (Å²) < 4.78 is 0. The van der Waals surface area contributed by atoms with E-state index in [1.54, 1.807) is 0 Å². The van der Waals surface area contributed by atoms with Crippen molar-refractivity contribution in [3.63, 3.8) is 0 Å². The highest BCUT2D eigenvalue weighted by atomic mass is 15.1. The number of rotatable bonds is 2. The molecule has 1 aliphatic rings. The molecule has 2 N–H and O–H groups in total. The molecule has 1 aromatic carbocycles. The summed E-state index contributed by atoms with van der Waals surface area (Å²) in [5.41, 5.74) is 2.53. The van der Waals surface area contributed by atoms with Crippen molar-refractivity contribution in [1.82, 2.24) is 5.32 Å². The van der Waals surface area contributed by atoms with Gasteiger partial charge in [-0.15, -0.1) is 0 Å². The first-order chi connectivity index (χ1) is 6.34. The normalized spacial score (nSPS) is 21.8. The molecule has 1 aromatic rings. The average Bonchev–Trinajstić information content (AvgIpc) is 2.57. The standard InChI is InChI=1S/C11H16N2/c1-9-4-2-5-10(8-9)13-11-6-3-7-12-11/h2,4-5,8,11-13H,3,6-7H2,1H3. The SMILES string of the molecule is Cc1cccc(NC2CCCN2)c1. The molecule has 0 bridgehead atoms. The van der Waals surface area contributed by atoms with E-state index in [4.69, 9.17) is 0 Å². The maximum Gasteiger partial charge on any atom is 0.0768 e. The summed E-state index contributed by atoms with van der Waals surface area (Å²) in [5, 5.41) is 6.88. The molecule has 1 aliphatic heterocycles. The summed E-state index contributed by atoms with van der Waals surface area (Å²) >= 11 is 0. The Kier molecular flexibility index (Phi) is 2.50. The van der Waals surface area contributed by atoms with Crippen molar-refractivity contribution in [2.45, 2.75) is 25.9 Å². The van der Waals surface area contributed by atoms with Crippen LogP contribution in [0.1, 0.15) is 18.4 Å². The van der Waals surface area contributed by atoms with Gasteiger partial charge in [-0.25, -0.2) is 0 Å². The molecule has 0 amide bonds. The van der Waals surface area contributed by atoms with Gasteiger partial charge in [0.15, 0.2) is 0 Å². The van der Waals surface area contributed by atoms with Crippen molar-refractivity contribution in [2.24, 2.45) is 0 Å². The van der Waals surface area contributed by atoms with Gasteiger partial charge in [0.05, 0.1) is 6.17 Å². The van der Waals surface area contributed by atoms with Crippen molar-refractivity contribution in [3.05, 3.63) is 29.8 Å². The van der Waals surface area contributed by atoms with Crippen LogP contribution in [0.25, 0.3) is 0 Å². The Balaban J connectivity index is 2.00. The van der Waals surface area contributed by atoms with Gasteiger partial charge >= 0.3 is 0 Å². The van der Waals surface area contributed by atoms with Gasteiger partial charge in [-0.1, -0.05) is 12.1 Å². The van der Waals surface area contributed by atoms with Gasteiger partial charge in [0.25, 0.3) is 0 Å². The maximum absolute atomic E-state index is 3.47. The number of hydrogen-bond acceptors (Lipinski definition) is 2. The Morgan fingerprint density at radius 1 is 1.46 bits per heavy atom. The second-order valence-electron chi connectivity index (χ2n) is 3.66. The Morgan fingerprint density at radius 2 is 2.38 bits per heavy atom. The lowest BCUT2D eigenvalue weighted by atomic mass is 10.2. The number of aryl methyl sites for hydroxylation is 1. The first kappa shape index (κ1) is 8.57. The number of benzene rings is 1. The minimum Gasteiger partial charge on any atom is -0.370 e. The van der Waals surface area contributed by atoms with Crippen molar-refractivity contribution in [1.29, 1.82) is 0 Å². The third kappa shape index (κ3) is 2.22. The zero-order valence-electron chi connectivity index (χ0n) is 8.01. The molecular weight excluding hydrogens is 160 g/mol. The number of hydrogen-bond donors (Lipinski definition) is 2. The lowest BCUT2D eigenvalue weighted by Crippen LogP contribution is -2.29. The third-order valence-corrected chi connectivity index (χ3v) is 2.42. The van der Waals surface area contributed by atoms with Crippen LogP contribution in [0.15, 0.2) is 24.3 Å². The molecule has 0 spiro atoms. The third-order valence-electron chi connectivity index (χ3n) is 2.42. The van der Waals surface area contributed by atoms with E-state index < -0.39 is 0 Å². The van der Waals surface area contributed by atoms with Crippen LogP contribution in [-0.2, 0) is 0 Å². The smallest absolute Gasteiger partial charge is 0.0768 e. The van der Waals surface area contributed by atoms with E-state index in [2.05, 4.69) is 41.8 Å². The van der Waals surface area contributed by atoms with E-state index in [1.807, 2.05) is 0 Å². The Morgan fingerprint density at radius 3 is 3.08 bits per heavy atom. The Bertz CT molecular complexity index is 277. The van der Waals surface area contributed by atoms with Crippen molar-refractivity contribution < 1.29 is 0 Å². The summed E-state index contributed by atoms with van der Waals surface area (Å²) in [6.45, 7) is 3.26. The van der Waals surface area contributed by atoms with Crippen LogP contribution in [0.5, 0.6) is 0 Å². The van der Waals surface area contributed by atoms with E-state index in [1.165, 1.54) is 24.1 Å². The van der Waals surface area contributed by atoms with Crippen molar-refractivity contribution >= 4 is 5.69 Å². The molecule has 2 nitrogen and oxygen atoms in total. The average molecular weight is 176 g/mol. The van der Waals surface area contributed by atoms with E-state index in [0.29, 0.717) is 6.17 Å². The lowest BCUT2D eigenvalue weighted by Gasteiger charge is -2.14. The van der Waals surface area contributed by atoms with Gasteiger partial charge in [0, 0.05) is 5.69 Å². The zero-order chi connectivity index (χ0) is 9.10. The first-order valence-electron chi connectivity index (χ1n) is 4.91.